The molecule has 2 heterocycles. The molecule has 8 heteroatoms. The highest BCUT2D eigenvalue weighted by molar-refractivity contribution is 5.79. The van der Waals surface area contributed by atoms with Gasteiger partial charge in [-0.05, 0) is 26.3 Å². The first kappa shape index (κ1) is 15.8. The van der Waals surface area contributed by atoms with Crippen LogP contribution >= 0.6 is 0 Å². The number of rotatable bonds is 4. The van der Waals surface area contributed by atoms with Gasteiger partial charge >= 0.3 is 6.18 Å². The summed E-state index contributed by atoms with van der Waals surface area (Å²) in [6.45, 7) is 1.41. The molecule has 0 bridgehead atoms. The van der Waals surface area contributed by atoms with Crippen molar-refractivity contribution in [1.29, 1.82) is 0 Å². The van der Waals surface area contributed by atoms with Gasteiger partial charge in [-0.2, -0.15) is 18.3 Å². The van der Waals surface area contributed by atoms with E-state index in [9.17, 15) is 18.0 Å². The van der Waals surface area contributed by atoms with Gasteiger partial charge in [0.25, 0.3) is 0 Å². The number of hydrogen-bond acceptors (Lipinski definition) is 3. The Morgan fingerprint density at radius 2 is 2.38 bits per heavy atom. The first-order valence-corrected chi connectivity index (χ1v) is 6.93. The van der Waals surface area contributed by atoms with Crippen molar-refractivity contribution in [2.24, 2.45) is 5.92 Å². The number of H-pyrrole nitrogens is 1. The average Bonchev–Trinajstić information content (AvgIpc) is 2.90. The van der Waals surface area contributed by atoms with E-state index in [0.29, 0.717) is 19.4 Å². The Morgan fingerprint density at radius 3 is 3.00 bits per heavy atom. The minimum atomic E-state index is -4.22. The lowest BCUT2D eigenvalue weighted by Crippen LogP contribution is -2.46. The van der Waals surface area contributed by atoms with Crippen LogP contribution in [0.15, 0.2) is 12.4 Å². The van der Waals surface area contributed by atoms with Crippen molar-refractivity contribution in [3.63, 3.8) is 0 Å². The minimum absolute atomic E-state index is 0.156. The SMILES string of the molecule is CC(NC(=O)C1CCCN(CC(F)(F)F)C1)c1cn[nH]c1. The van der Waals surface area contributed by atoms with Gasteiger partial charge < -0.3 is 5.32 Å². The van der Waals surface area contributed by atoms with Gasteiger partial charge in [0.1, 0.15) is 0 Å². The highest BCUT2D eigenvalue weighted by atomic mass is 19.4. The number of aromatic amines is 1. The first-order chi connectivity index (χ1) is 9.85. The summed E-state index contributed by atoms with van der Waals surface area (Å²) in [5.74, 6) is -0.592. The molecule has 1 aromatic heterocycles. The number of halogens is 3. The van der Waals surface area contributed by atoms with E-state index in [2.05, 4.69) is 15.5 Å². The highest BCUT2D eigenvalue weighted by Crippen LogP contribution is 2.23. The number of nitrogens with one attached hydrogen (secondary N) is 2. The number of amides is 1. The fourth-order valence-electron chi connectivity index (χ4n) is 2.58. The summed E-state index contributed by atoms with van der Waals surface area (Å²) < 4.78 is 37.2. The minimum Gasteiger partial charge on any atom is -0.349 e. The van der Waals surface area contributed by atoms with E-state index in [4.69, 9.17) is 0 Å². The summed E-state index contributed by atoms with van der Waals surface area (Å²) >= 11 is 0. The lowest BCUT2D eigenvalue weighted by atomic mass is 9.96. The van der Waals surface area contributed by atoms with E-state index in [0.717, 1.165) is 5.56 Å². The van der Waals surface area contributed by atoms with Crippen molar-refractivity contribution >= 4 is 5.91 Å². The topological polar surface area (TPSA) is 61.0 Å². The van der Waals surface area contributed by atoms with Gasteiger partial charge in [0.05, 0.1) is 24.7 Å². The van der Waals surface area contributed by atoms with Crippen molar-refractivity contribution in [2.75, 3.05) is 19.6 Å². The average molecular weight is 304 g/mol. The molecule has 118 valence electrons. The second-order valence-corrected chi connectivity index (χ2v) is 5.45. The number of carbonyl (C=O) groups is 1. The van der Waals surface area contributed by atoms with Crippen LogP contribution < -0.4 is 5.32 Å². The molecule has 0 aliphatic carbocycles. The van der Waals surface area contributed by atoms with Crippen molar-refractivity contribution in [1.82, 2.24) is 20.4 Å². The Labute approximate surface area is 120 Å². The Morgan fingerprint density at radius 1 is 1.62 bits per heavy atom. The highest BCUT2D eigenvalue weighted by Gasteiger charge is 2.34. The van der Waals surface area contributed by atoms with Crippen molar-refractivity contribution in [3.8, 4) is 0 Å². The van der Waals surface area contributed by atoms with Crippen LogP contribution in [0.25, 0.3) is 0 Å². The third kappa shape index (κ3) is 4.73. The van der Waals surface area contributed by atoms with Crippen LogP contribution in [0.3, 0.4) is 0 Å². The van der Waals surface area contributed by atoms with E-state index in [1.807, 2.05) is 6.92 Å². The molecule has 2 N–H and O–H groups in total. The zero-order chi connectivity index (χ0) is 15.5. The molecule has 1 fully saturated rings. The van der Waals surface area contributed by atoms with Gasteiger partial charge in [-0.25, -0.2) is 0 Å². The summed E-state index contributed by atoms with van der Waals surface area (Å²) in [5.41, 5.74) is 0.839. The molecule has 0 aromatic carbocycles. The molecule has 5 nitrogen and oxygen atoms in total. The normalized spacial score (nSPS) is 22.0. The monoisotopic (exact) mass is 304 g/mol. The van der Waals surface area contributed by atoms with Crippen molar-refractivity contribution < 1.29 is 18.0 Å². The number of alkyl halides is 3. The lowest BCUT2D eigenvalue weighted by Gasteiger charge is -2.32. The molecule has 0 radical (unpaired) electrons. The van der Waals surface area contributed by atoms with Crippen LogP contribution in [0.4, 0.5) is 13.2 Å². The quantitative estimate of drug-likeness (QED) is 0.892. The smallest absolute Gasteiger partial charge is 0.349 e. The van der Waals surface area contributed by atoms with E-state index in [1.165, 1.54) is 4.90 Å². The van der Waals surface area contributed by atoms with E-state index in [-0.39, 0.29) is 18.5 Å². The molecule has 21 heavy (non-hydrogen) atoms. The summed E-state index contributed by atoms with van der Waals surface area (Å²) in [4.78, 5) is 13.5. The fourth-order valence-corrected chi connectivity index (χ4v) is 2.58. The molecule has 2 atom stereocenters. The summed E-state index contributed by atoms with van der Waals surface area (Å²) in [6.07, 6.45) is 0.304. The van der Waals surface area contributed by atoms with Crippen LogP contribution in [0.1, 0.15) is 31.4 Å². The van der Waals surface area contributed by atoms with Gasteiger partial charge in [-0.1, -0.05) is 0 Å². The van der Waals surface area contributed by atoms with Crippen molar-refractivity contribution in [3.05, 3.63) is 18.0 Å². The van der Waals surface area contributed by atoms with E-state index >= 15 is 0 Å². The maximum atomic E-state index is 12.4. The van der Waals surface area contributed by atoms with Crippen LogP contribution in [0.2, 0.25) is 0 Å². The maximum absolute atomic E-state index is 12.4. The van der Waals surface area contributed by atoms with Gasteiger partial charge in [0, 0.05) is 18.3 Å². The third-order valence-electron chi connectivity index (χ3n) is 3.66. The summed E-state index contributed by atoms with van der Waals surface area (Å²) in [6, 6.07) is -0.214. The Hall–Kier alpha value is -1.57. The molecular formula is C13H19F3N4O. The molecule has 1 aliphatic heterocycles. The fraction of sp³-hybridized carbons (Fsp3) is 0.692. The number of likely N-dealkylation sites (tertiary alicyclic amines) is 1. The van der Waals surface area contributed by atoms with Gasteiger partial charge in [0.15, 0.2) is 0 Å². The molecule has 0 spiro atoms. The third-order valence-corrected chi connectivity index (χ3v) is 3.66. The van der Waals surface area contributed by atoms with Gasteiger partial charge in [-0.3, -0.25) is 14.8 Å². The van der Waals surface area contributed by atoms with Crippen LogP contribution in [0.5, 0.6) is 0 Å². The molecule has 0 saturated carbocycles. The Balaban J connectivity index is 1.87. The molecule has 1 aromatic rings. The van der Waals surface area contributed by atoms with Gasteiger partial charge in [-0.15, -0.1) is 0 Å². The lowest BCUT2D eigenvalue weighted by molar-refractivity contribution is -0.152. The number of hydrogen-bond donors (Lipinski definition) is 2. The number of carbonyl (C=O) groups excluding carboxylic acids is 1. The molecule has 1 aliphatic rings. The second kappa shape index (κ2) is 6.46. The molecule has 2 unspecified atom stereocenters. The number of nitrogens with zero attached hydrogens (tertiary/aromatic N) is 2. The molecule has 2 rings (SSSR count). The van der Waals surface area contributed by atoms with Crippen LogP contribution in [-0.2, 0) is 4.79 Å². The first-order valence-electron chi connectivity index (χ1n) is 6.93. The van der Waals surface area contributed by atoms with Gasteiger partial charge in [0.2, 0.25) is 5.91 Å². The Kier molecular flexibility index (Phi) is 4.87. The number of aromatic nitrogens is 2. The van der Waals surface area contributed by atoms with Crippen LogP contribution in [0, 0.1) is 5.92 Å². The molecule has 1 amide bonds. The standard InChI is InChI=1S/C13H19F3N4O/c1-9(11-5-17-18-6-11)19-12(21)10-3-2-4-20(7-10)8-13(14,15)16/h5-6,9-10H,2-4,7-8H2,1H3,(H,17,18)(H,19,21). The second-order valence-electron chi connectivity index (χ2n) is 5.45. The molecular weight excluding hydrogens is 285 g/mol. The maximum Gasteiger partial charge on any atom is 0.401 e. The van der Waals surface area contributed by atoms with Crippen molar-refractivity contribution in [2.45, 2.75) is 32.0 Å². The zero-order valence-electron chi connectivity index (χ0n) is 11.8. The predicted octanol–water partition coefficient (Wildman–Crippen LogP) is 1.86. The largest absolute Gasteiger partial charge is 0.401 e. The van der Waals surface area contributed by atoms with E-state index in [1.54, 1.807) is 12.4 Å². The summed E-state index contributed by atoms with van der Waals surface area (Å²) in [7, 11) is 0. The predicted molar refractivity (Wildman–Crippen MR) is 70.4 cm³/mol. The Bertz CT molecular complexity index is 460. The molecule has 1 saturated heterocycles. The summed E-state index contributed by atoms with van der Waals surface area (Å²) in [5, 5.41) is 9.30. The van der Waals surface area contributed by atoms with Crippen LogP contribution in [-0.4, -0.2) is 46.8 Å². The number of piperidine rings is 1. The zero-order valence-corrected chi connectivity index (χ0v) is 11.8. The van der Waals surface area contributed by atoms with E-state index < -0.39 is 18.6 Å².